The Labute approximate surface area is 120 Å². The molecule has 0 heterocycles. The highest BCUT2D eigenvalue weighted by molar-refractivity contribution is 4.83. The van der Waals surface area contributed by atoms with E-state index in [0.717, 1.165) is 12.0 Å². The van der Waals surface area contributed by atoms with Crippen LogP contribution in [-0.4, -0.2) is 63.2 Å². The van der Waals surface area contributed by atoms with Crippen LogP contribution in [0.1, 0.15) is 45.4 Å². The van der Waals surface area contributed by atoms with E-state index in [9.17, 15) is 0 Å². The molecule has 1 N–H and O–H groups in total. The van der Waals surface area contributed by atoms with Gasteiger partial charge in [0.15, 0.2) is 0 Å². The van der Waals surface area contributed by atoms with Crippen molar-refractivity contribution in [2.75, 3.05) is 47.3 Å². The van der Waals surface area contributed by atoms with Crippen molar-refractivity contribution in [2.24, 2.45) is 5.92 Å². The molecule has 1 aliphatic carbocycles. The highest BCUT2D eigenvalue weighted by Crippen LogP contribution is 2.28. The van der Waals surface area contributed by atoms with Crippen molar-refractivity contribution in [1.82, 2.24) is 15.1 Å². The van der Waals surface area contributed by atoms with Crippen molar-refractivity contribution < 1.29 is 0 Å². The maximum Gasteiger partial charge on any atom is 0.00958 e. The van der Waals surface area contributed by atoms with Crippen LogP contribution in [0.2, 0.25) is 0 Å². The normalized spacial score (nSPS) is 23.7. The van der Waals surface area contributed by atoms with E-state index in [2.05, 4.69) is 43.2 Å². The zero-order valence-electron chi connectivity index (χ0n) is 13.6. The molecule has 0 radical (unpaired) electrons. The van der Waals surface area contributed by atoms with Gasteiger partial charge in [0, 0.05) is 6.04 Å². The Kier molecular flexibility index (Phi) is 8.67. The summed E-state index contributed by atoms with van der Waals surface area (Å²) in [6, 6.07) is 0.801. The fourth-order valence-electron chi connectivity index (χ4n) is 3.14. The zero-order chi connectivity index (χ0) is 14.1. The average molecular weight is 269 g/mol. The summed E-state index contributed by atoms with van der Waals surface area (Å²) in [5.41, 5.74) is 0. The summed E-state index contributed by atoms with van der Waals surface area (Å²) < 4.78 is 0. The molecule has 1 fully saturated rings. The Balaban J connectivity index is 2.12. The van der Waals surface area contributed by atoms with E-state index in [1.807, 2.05) is 0 Å². The molecule has 2 unspecified atom stereocenters. The third-order valence-corrected chi connectivity index (χ3v) is 4.34. The maximum atomic E-state index is 3.74. The van der Waals surface area contributed by atoms with Crippen molar-refractivity contribution in [2.45, 2.75) is 51.5 Å². The largest absolute Gasteiger partial charge is 0.314 e. The average Bonchev–Trinajstić information content (AvgIpc) is 2.80. The topological polar surface area (TPSA) is 18.5 Å². The third kappa shape index (κ3) is 7.28. The van der Waals surface area contributed by atoms with Gasteiger partial charge in [-0.3, -0.25) is 0 Å². The maximum absolute atomic E-state index is 3.74. The van der Waals surface area contributed by atoms with Gasteiger partial charge in [-0.2, -0.15) is 0 Å². The molecule has 2 atom stereocenters. The standard InChI is InChI=1S/C16H35N3/c1-5-11-17-16-9-6-8-15(16)10-14-19(4)13-7-12-18(2)3/h15-17H,5-14H2,1-4H3. The Hall–Kier alpha value is -0.120. The van der Waals surface area contributed by atoms with Gasteiger partial charge in [0.2, 0.25) is 0 Å². The molecule has 0 amide bonds. The number of hydrogen-bond acceptors (Lipinski definition) is 3. The monoisotopic (exact) mass is 269 g/mol. The minimum absolute atomic E-state index is 0.801. The van der Waals surface area contributed by atoms with E-state index in [-0.39, 0.29) is 0 Å². The molecule has 0 saturated heterocycles. The molecular formula is C16H35N3. The summed E-state index contributed by atoms with van der Waals surface area (Å²) in [6.45, 7) is 7.16. The summed E-state index contributed by atoms with van der Waals surface area (Å²) in [5.74, 6) is 0.919. The lowest BCUT2D eigenvalue weighted by Crippen LogP contribution is -2.35. The van der Waals surface area contributed by atoms with Gasteiger partial charge in [-0.15, -0.1) is 0 Å². The lowest BCUT2D eigenvalue weighted by Gasteiger charge is -2.24. The van der Waals surface area contributed by atoms with Crippen LogP contribution in [0.3, 0.4) is 0 Å². The second-order valence-electron chi connectivity index (χ2n) is 6.50. The molecule has 3 nitrogen and oxygen atoms in total. The van der Waals surface area contributed by atoms with Crippen LogP contribution >= 0.6 is 0 Å². The van der Waals surface area contributed by atoms with Crippen molar-refractivity contribution in [3.05, 3.63) is 0 Å². The van der Waals surface area contributed by atoms with Gasteiger partial charge >= 0.3 is 0 Å². The van der Waals surface area contributed by atoms with Crippen molar-refractivity contribution >= 4 is 0 Å². The number of nitrogens with zero attached hydrogens (tertiary/aromatic N) is 2. The van der Waals surface area contributed by atoms with Crippen LogP contribution < -0.4 is 5.32 Å². The highest BCUT2D eigenvalue weighted by Gasteiger charge is 2.26. The minimum atomic E-state index is 0.801. The number of rotatable bonds is 10. The molecule has 1 rings (SSSR count). The quantitative estimate of drug-likeness (QED) is 0.657. The summed E-state index contributed by atoms with van der Waals surface area (Å²) >= 11 is 0. The molecule has 3 heteroatoms. The van der Waals surface area contributed by atoms with Gasteiger partial charge in [-0.1, -0.05) is 13.3 Å². The van der Waals surface area contributed by atoms with E-state index in [1.165, 1.54) is 64.7 Å². The van der Waals surface area contributed by atoms with E-state index >= 15 is 0 Å². The van der Waals surface area contributed by atoms with Crippen LogP contribution in [0.25, 0.3) is 0 Å². The van der Waals surface area contributed by atoms with Crippen LogP contribution in [0.15, 0.2) is 0 Å². The second kappa shape index (κ2) is 9.73. The van der Waals surface area contributed by atoms with E-state index in [4.69, 9.17) is 0 Å². The summed E-state index contributed by atoms with van der Waals surface area (Å²) in [4.78, 5) is 4.79. The smallest absolute Gasteiger partial charge is 0.00958 e. The fraction of sp³-hybridized carbons (Fsp3) is 1.00. The van der Waals surface area contributed by atoms with Gasteiger partial charge in [-0.25, -0.2) is 0 Å². The zero-order valence-corrected chi connectivity index (χ0v) is 13.6. The Morgan fingerprint density at radius 2 is 1.84 bits per heavy atom. The molecule has 1 saturated carbocycles. The molecule has 0 aromatic rings. The SMILES string of the molecule is CCCNC1CCCC1CCN(C)CCCN(C)C. The van der Waals surface area contributed by atoms with E-state index < -0.39 is 0 Å². The first kappa shape index (κ1) is 16.9. The highest BCUT2D eigenvalue weighted by atomic mass is 15.1. The molecule has 19 heavy (non-hydrogen) atoms. The first-order valence-corrected chi connectivity index (χ1v) is 8.20. The van der Waals surface area contributed by atoms with Crippen molar-refractivity contribution in [1.29, 1.82) is 0 Å². The molecule has 0 aromatic heterocycles. The second-order valence-corrected chi connectivity index (χ2v) is 6.50. The predicted octanol–water partition coefficient (Wildman–Crippen LogP) is 2.43. The fourth-order valence-corrected chi connectivity index (χ4v) is 3.14. The van der Waals surface area contributed by atoms with Crippen molar-refractivity contribution in [3.63, 3.8) is 0 Å². The lowest BCUT2D eigenvalue weighted by atomic mass is 9.99. The predicted molar refractivity (Wildman–Crippen MR) is 84.7 cm³/mol. The van der Waals surface area contributed by atoms with Crippen LogP contribution in [-0.2, 0) is 0 Å². The molecule has 0 aliphatic heterocycles. The Bertz CT molecular complexity index is 218. The molecule has 0 bridgehead atoms. The third-order valence-electron chi connectivity index (χ3n) is 4.34. The molecular weight excluding hydrogens is 234 g/mol. The van der Waals surface area contributed by atoms with Crippen LogP contribution in [0, 0.1) is 5.92 Å². The molecule has 114 valence electrons. The summed E-state index contributed by atoms with van der Waals surface area (Å²) in [6.07, 6.45) is 8.18. The van der Waals surface area contributed by atoms with Crippen LogP contribution in [0.5, 0.6) is 0 Å². The lowest BCUT2D eigenvalue weighted by molar-refractivity contribution is 0.265. The van der Waals surface area contributed by atoms with Crippen LogP contribution in [0.4, 0.5) is 0 Å². The van der Waals surface area contributed by atoms with Gasteiger partial charge in [0.1, 0.15) is 0 Å². The van der Waals surface area contributed by atoms with Gasteiger partial charge in [0.05, 0.1) is 0 Å². The number of nitrogens with one attached hydrogen (secondary N) is 1. The van der Waals surface area contributed by atoms with Gasteiger partial charge in [-0.05, 0) is 85.3 Å². The van der Waals surface area contributed by atoms with Gasteiger partial charge in [0.25, 0.3) is 0 Å². The summed E-state index contributed by atoms with van der Waals surface area (Å²) in [7, 11) is 6.59. The van der Waals surface area contributed by atoms with E-state index in [1.54, 1.807) is 0 Å². The van der Waals surface area contributed by atoms with E-state index in [0.29, 0.717) is 0 Å². The van der Waals surface area contributed by atoms with Crippen molar-refractivity contribution in [3.8, 4) is 0 Å². The molecule has 0 aromatic carbocycles. The Morgan fingerprint density at radius 1 is 1.05 bits per heavy atom. The minimum Gasteiger partial charge on any atom is -0.314 e. The summed E-state index contributed by atoms with van der Waals surface area (Å²) in [5, 5.41) is 3.74. The number of hydrogen-bond donors (Lipinski definition) is 1. The Morgan fingerprint density at radius 3 is 2.53 bits per heavy atom. The molecule has 0 spiro atoms. The first-order valence-electron chi connectivity index (χ1n) is 8.20. The first-order chi connectivity index (χ1) is 9.13. The molecule has 1 aliphatic rings. The van der Waals surface area contributed by atoms with Gasteiger partial charge < -0.3 is 15.1 Å².